The van der Waals surface area contributed by atoms with Gasteiger partial charge in [-0.2, -0.15) is 0 Å². The molecule has 0 aromatic heterocycles. The number of nitrogens with one attached hydrogen (secondary N) is 1. The zero-order valence-corrected chi connectivity index (χ0v) is 22.6. The molecular weight excluding hydrogens is 533 g/mol. The lowest BCUT2D eigenvalue weighted by atomic mass is 10.1. The fraction of sp³-hybridized carbons (Fsp3) is 0.417. The van der Waals surface area contributed by atoms with E-state index in [1.807, 2.05) is 0 Å². The number of sulfonamides is 1. The summed E-state index contributed by atoms with van der Waals surface area (Å²) >= 11 is 18.5. The van der Waals surface area contributed by atoms with Gasteiger partial charge in [0.1, 0.15) is 12.6 Å². The van der Waals surface area contributed by atoms with Crippen molar-refractivity contribution in [2.24, 2.45) is 0 Å². The molecule has 190 valence electrons. The third-order valence-electron chi connectivity index (χ3n) is 5.98. The second-order valence-electron chi connectivity index (χ2n) is 8.68. The third kappa shape index (κ3) is 7.49. The lowest BCUT2D eigenvalue weighted by molar-refractivity contribution is -0.139. The predicted molar refractivity (Wildman–Crippen MR) is 141 cm³/mol. The lowest BCUT2D eigenvalue weighted by Crippen LogP contribution is -2.52. The zero-order valence-electron chi connectivity index (χ0n) is 19.5. The lowest BCUT2D eigenvalue weighted by Gasteiger charge is -2.32. The molecule has 3 rings (SSSR count). The van der Waals surface area contributed by atoms with Crippen molar-refractivity contribution >= 4 is 62.3 Å². The second-order valence-corrected chi connectivity index (χ2v) is 11.9. The van der Waals surface area contributed by atoms with E-state index in [9.17, 15) is 18.0 Å². The van der Waals surface area contributed by atoms with Crippen LogP contribution < -0.4 is 9.62 Å². The molecule has 2 amide bonds. The Balaban J connectivity index is 1.91. The van der Waals surface area contributed by atoms with E-state index in [1.165, 1.54) is 23.1 Å². The Bertz CT molecular complexity index is 1170. The van der Waals surface area contributed by atoms with Crippen LogP contribution in [-0.2, 0) is 26.2 Å². The highest BCUT2D eigenvalue weighted by atomic mass is 35.5. The van der Waals surface area contributed by atoms with E-state index < -0.39 is 28.5 Å². The highest BCUT2D eigenvalue weighted by Crippen LogP contribution is 2.28. The van der Waals surface area contributed by atoms with E-state index >= 15 is 0 Å². The van der Waals surface area contributed by atoms with Crippen molar-refractivity contribution < 1.29 is 18.0 Å². The van der Waals surface area contributed by atoms with Gasteiger partial charge < -0.3 is 10.2 Å². The minimum absolute atomic E-state index is 0.0334. The van der Waals surface area contributed by atoms with Crippen molar-refractivity contribution in [3.05, 3.63) is 63.1 Å². The van der Waals surface area contributed by atoms with Crippen LogP contribution in [0, 0.1) is 0 Å². The quantitative estimate of drug-likeness (QED) is 0.473. The molecule has 0 spiro atoms. The number of rotatable bonds is 9. The SMILES string of the molecule is CC(C(=O)NC1CCCC1)N(Cc1ccccc1Cl)C(=O)CN(c1cc(Cl)cc(Cl)c1)S(C)(=O)=O. The van der Waals surface area contributed by atoms with Crippen LogP contribution in [0.5, 0.6) is 0 Å². The van der Waals surface area contributed by atoms with Crippen LogP contribution in [0.15, 0.2) is 42.5 Å². The number of benzene rings is 2. The molecule has 11 heteroatoms. The summed E-state index contributed by atoms with van der Waals surface area (Å²) in [6.07, 6.45) is 4.88. The summed E-state index contributed by atoms with van der Waals surface area (Å²) in [5, 5.41) is 3.91. The molecule has 1 aliphatic rings. The molecule has 1 atom stereocenters. The predicted octanol–water partition coefficient (Wildman–Crippen LogP) is 4.89. The Labute approximate surface area is 221 Å². The van der Waals surface area contributed by atoms with Gasteiger partial charge in [0.25, 0.3) is 0 Å². The van der Waals surface area contributed by atoms with Crippen LogP contribution in [0.4, 0.5) is 5.69 Å². The van der Waals surface area contributed by atoms with Crippen molar-refractivity contribution in [2.45, 2.75) is 51.2 Å². The van der Waals surface area contributed by atoms with E-state index in [1.54, 1.807) is 31.2 Å². The fourth-order valence-electron chi connectivity index (χ4n) is 4.08. The molecule has 0 aliphatic heterocycles. The first-order valence-corrected chi connectivity index (χ1v) is 14.2. The Morgan fingerprint density at radius 2 is 1.66 bits per heavy atom. The Kier molecular flexibility index (Phi) is 9.32. The summed E-state index contributed by atoms with van der Waals surface area (Å²) in [6, 6.07) is 10.5. The monoisotopic (exact) mass is 559 g/mol. The molecule has 1 aliphatic carbocycles. The van der Waals surface area contributed by atoms with Gasteiger partial charge in [-0.1, -0.05) is 65.8 Å². The van der Waals surface area contributed by atoms with Gasteiger partial charge in [-0.05, 0) is 49.6 Å². The smallest absolute Gasteiger partial charge is 0.244 e. The number of carbonyl (C=O) groups excluding carboxylic acids is 2. The Hall–Kier alpha value is -2.00. The number of hydrogen-bond acceptors (Lipinski definition) is 4. The Morgan fingerprint density at radius 1 is 1.06 bits per heavy atom. The average molecular weight is 561 g/mol. The van der Waals surface area contributed by atoms with Gasteiger partial charge in [-0.25, -0.2) is 8.42 Å². The molecule has 0 bridgehead atoms. The highest BCUT2D eigenvalue weighted by molar-refractivity contribution is 7.92. The topological polar surface area (TPSA) is 86.8 Å². The summed E-state index contributed by atoms with van der Waals surface area (Å²) in [6.45, 7) is 1.12. The highest BCUT2D eigenvalue weighted by Gasteiger charge is 2.31. The van der Waals surface area contributed by atoms with Crippen molar-refractivity contribution in [1.82, 2.24) is 10.2 Å². The normalized spacial score (nSPS) is 15.0. The number of anilines is 1. The zero-order chi connectivity index (χ0) is 25.8. The maximum atomic E-state index is 13.6. The molecule has 1 saturated carbocycles. The van der Waals surface area contributed by atoms with Crippen LogP contribution in [0.3, 0.4) is 0 Å². The van der Waals surface area contributed by atoms with Crippen LogP contribution >= 0.6 is 34.8 Å². The van der Waals surface area contributed by atoms with Gasteiger partial charge in [-0.3, -0.25) is 13.9 Å². The van der Waals surface area contributed by atoms with E-state index in [2.05, 4.69) is 5.32 Å². The number of amides is 2. The van der Waals surface area contributed by atoms with Crippen LogP contribution in [-0.4, -0.2) is 50.0 Å². The molecule has 1 fully saturated rings. The molecule has 0 heterocycles. The first kappa shape index (κ1) is 27.6. The van der Waals surface area contributed by atoms with Gasteiger partial charge >= 0.3 is 0 Å². The minimum atomic E-state index is -3.88. The molecule has 1 unspecified atom stereocenters. The maximum Gasteiger partial charge on any atom is 0.244 e. The Morgan fingerprint density at radius 3 is 2.23 bits per heavy atom. The number of nitrogens with zero attached hydrogens (tertiary/aromatic N) is 2. The second kappa shape index (κ2) is 11.8. The molecule has 0 radical (unpaired) electrons. The average Bonchev–Trinajstić information content (AvgIpc) is 3.27. The summed E-state index contributed by atoms with van der Waals surface area (Å²) < 4.78 is 26.2. The number of hydrogen-bond donors (Lipinski definition) is 1. The molecule has 1 N–H and O–H groups in total. The molecule has 0 saturated heterocycles. The van der Waals surface area contributed by atoms with Gasteiger partial charge in [0.15, 0.2) is 0 Å². The van der Waals surface area contributed by atoms with Crippen molar-refractivity contribution in [3.8, 4) is 0 Å². The van der Waals surface area contributed by atoms with E-state index in [-0.39, 0.29) is 34.2 Å². The van der Waals surface area contributed by atoms with Crippen LogP contribution in [0.25, 0.3) is 0 Å². The van der Waals surface area contributed by atoms with E-state index in [0.29, 0.717) is 10.6 Å². The molecule has 2 aromatic rings. The minimum Gasteiger partial charge on any atom is -0.352 e. The van der Waals surface area contributed by atoms with Crippen LogP contribution in [0.2, 0.25) is 15.1 Å². The van der Waals surface area contributed by atoms with Crippen molar-refractivity contribution in [3.63, 3.8) is 0 Å². The van der Waals surface area contributed by atoms with Gasteiger partial charge in [0, 0.05) is 27.7 Å². The maximum absolute atomic E-state index is 13.6. The van der Waals surface area contributed by atoms with Crippen LogP contribution in [0.1, 0.15) is 38.2 Å². The van der Waals surface area contributed by atoms with E-state index in [4.69, 9.17) is 34.8 Å². The summed E-state index contributed by atoms with van der Waals surface area (Å²) in [5.74, 6) is -0.866. The number of carbonyl (C=O) groups is 2. The summed E-state index contributed by atoms with van der Waals surface area (Å²) in [7, 11) is -3.88. The molecule has 2 aromatic carbocycles. The largest absolute Gasteiger partial charge is 0.352 e. The number of halogens is 3. The van der Waals surface area contributed by atoms with Crippen molar-refractivity contribution in [2.75, 3.05) is 17.1 Å². The summed E-state index contributed by atoms with van der Waals surface area (Å²) in [4.78, 5) is 28.0. The van der Waals surface area contributed by atoms with E-state index in [0.717, 1.165) is 36.2 Å². The van der Waals surface area contributed by atoms with Gasteiger partial charge in [-0.15, -0.1) is 0 Å². The van der Waals surface area contributed by atoms with Crippen molar-refractivity contribution in [1.29, 1.82) is 0 Å². The molecular formula is C24H28Cl3N3O4S. The standard InChI is InChI=1S/C24H28Cl3N3O4S/c1-16(24(32)28-20-8-4-5-9-20)29(14-17-7-3-6-10-22(17)27)23(31)15-30(35(2,33)34)21-12-18(25)11-19(26)13-21/h3,6-7,10-13,16,20H,4-5,8-9,14-15H2,1-2H3,(H,28,32). The first-order chi connectivity index (χ1) is 16.5. The third-order valence-corrected chi connectivity index (χ3v) is 7.93. The van der Waals surface area contributed by atoms with Gasteiger partial charge in [0.2, 0.25) is 21.8 Å². The molecule has 7 nitrogen and oxygen atoms in total. The fourth-order valence-corrected chi connectivity index (χ4v) is 5.62. The molecule has 35 heavy (non-hydrogen) atoms. The van der Waals surface area contributed by atoms with Gasteiger partial charge in [0.05, 0.1) is 11.9 Å². The first-order valence-electron chi connectivity index (χ1n) is 11.2. The summed E-state index contributed by atoms with van der Waals surface area (Å²) in [5.41, 5.74) is 0.791.